The summed E-state index contributed by atoms with van der Waals surface area (Å²) in [6, 6.07) is 14.4. The Kier molecular flexibility index (Phi) is 4.27. The molecule has 0 heterocycles. The summed E-state index contributed by atoms with van der Waals surface area (Å²) in [5, 5.41) is 17.2. The van der Waals surface area contributed by atoms with E-state index in [1.54, 1.807) is 19.1 Å². The number of benzene rings is 2. The zero-order valence-electron chi connectivity index (χ0n) is 10.8. The molecule has 0 aromatic heterocycles. The van der Waals surface area contributed by atoms with Gasteiger partial charge in [0.05, 0.1) is 4.92 Å². The van der Waals surface area contributed by atoms with Gasteiger partial charge in [0.1, 0.15) is 0 Å². The Morgan fingerprint density at radius 2 is 1.75 bits per heavy atom. The maximum atomic E-state index is 10.9. The molecule has 0 bridgehead atoms. The van der Waals surface area contributed by atoms with Crippen molar-refractivity contribution in [2.45, 2.75) is 6.92 Å². The number of thiocarbonyl (C=S) groups is 1. The number of nitro benzene ring substituents is 1. The van der Waals surface area contributed by atoms with E-state index in [2.05, 4.69) is 10.6 Å². The fraction of sp³-hybridized carbons (Fsp3) is 0.0714. The maximum Gasteiger partial charge on any atom is 0.274 e. The molecule has 2 N–H and O–H groups in total. The lowest BCUT2D eigenvalue weighted by atomic mass is 10.2. The number of aryl methyl sites for hydroxylation is 1. The second-order valence-electron chi connectivity index (χ2n) is 4.20. The van der Waals surface area contributed by atoms with Crippen LogP contribution in [0.4, 0.5) is 17.1 Å². The molecular formula is C14H13N3O2S. The Labute approximate surface area is 121 Å². The van der Waals surface area contributed by atoms with Gasteiger partial charge in [-0.15, -0.1) is 0 Å². The molecule has 2 aromatic carbocycles. The number of nitrogens with one attached hydrogen (secondary N) is 2. The second kappa shape index (κ2) is 6.12. The Bertz CT molecular complexity index is 644. The Morgan fingerprint density at radius 3 is 2.40 bits per heavy atom. The minimum absolute atomic E-state index is 0.0671. The molecule has 2 aromatic rings. The van der Waals surface area contributed by atoms with Crippen molar-refractivity contribution in [1.82, 2.24) is 0 Å². The van der Waals surface area contributed by atoms with Crippen LogP contribution in [-0.4, -0.2) is 10.0 Å². The molecule has 2 rings (SSSR count). The van der Waals surface area contributed by atoms with Crippen LogP contribution in [0.5, 0.6) is 0 Å². The first kappa shape index (κ1) is 14.0. The van der Waals surface area contributed by atoms with E-state index in [-0.39, 0.29) is 5.69 Å². The van der Waals surface area contributed by atoms with E-state index in [1.165, 1.54) is 6.07 Å². The summed E-state index contributed by atoms with van der Waals surface area (Å²) in [6.07, 6.45) is 0. The highest BCUT2D eigenvalue weighted by Gasteiger charge is 2.11. The smallest absolute Gasteiger partial charge is 0.274 e. The summed E-state index contributed by atoms with van der Waals surface area (Å²) in [6.45, 7) is 1.70. The lowest BCUT2D eigenvalue weighted by Gasteiger charge is -2.10. The molecule has 0 saturated heterocycles. The zero-order valence-corrected chi connectivity index (χ0v) is 11.6. The average molecular weight is 287 g/mol. The van der Waals surface area contributed by atoms with Gasteiger partial charge < -0.3 is 10.6 Å². The van der Waals surface area contributed by atoms with Gasteiger partial charge in [-0.2, -0.15) is 0 Å². The van der Waals surface area contributed by atoms with Crippen LogP contribution in [0.25, 0.3) is 0 Å². The molecule has 0 amide bonds. The summed E-state index contributed by atoms with van der Waals surface area (Å²) in [5.41, 5.74) is 2.11. The number of para-hydroxylation sites is 1. The highest BCUT2D eigenvalue weighted by atomic mass is 32.1. The lowest BCUT2D eigenvalue weighted by Crippen LogP contribution is -2.19. The summed E-state index contributed by atoms with van der Waals surface area (Å²) < 4.78 is 0. The topological polar surface area (TPSA) is 67.2 Å². The van der Waals surface area contributed by atoms with Gasteiger partial charge >= 0.3 is 0 Å². The van der Waals surface area contributed by atoms with Crippen LogP contribution in [0.1, 0.15) is 5.56 Å². The van der Waals surface area contributed by atoms with Gasteiger partial charge in [0.15, 0.2) is 5.11 Å². The van der Waals surface area contributed by atoms with Crippen LogP contribution in [0.3, 0.4) is 0 Å². The summed E-state index contributed by atoms with van der Waals surface area (Å²) in [4.78, 5) is 10.5. The molecule has 0 spiro atoms. The molecule has 0 radical (unpaired) electrons. The van der Waals surface area contributed by atoms with E-state index >= 15 is 0 Å². The van der Waals surface area contributed by atoms with Gasteiger partial charge in [-0.05, 0) is 37.3 Å². The molecule has 5 nitrogen and oxygen atoms in total. The zero-order chi connectivity index (χ0) is 14.5. The third-order valence-electron chi connectivity index (χ3n) is 2.70. The number of rotatable bonds is 3. The van der Waals surface area contributed by atoms with E-state index in [0.717, 1.165) is 5.69 Å². The minimum atomic E-state index is -0.409. The lowest BCUT2D eigenvalue weighted by molar-refractivity contribution is -0.385. The van der Waals surface area contributed by atoms with Crippen molar-refractivity contribution >= 4 is 34.4 Å². The van der Waals surface area contributed by atoms with Gasteiger partial charge in [-0.1, -0.05) is 24.3 Å². The molecular weight excluding hydrogens is 274 g/mol. The molecule has 102 valence electrons. The quantitative estimate of drug-likeness (QED) is 0.511. The van der Waals surface area contributed by atoms with Crippen molar-refractivity contribution in [2.75, 3.05) is 10.6 Å². The van der Waals surface area contributed by atoms with Gasteiger partial charge in [-0.3, -0.25) is 10.1 Å². The van der Waals surface area contributed by atoms with Gasteiger partial charge in [0, 0.05) is 23.0 Å². The number of nitrogens with zero attached hydrogens (tertiary/aromatic N) is 1. The standard InChI is InChI=1S/C14H13N3O2S/c1-10-7-8-12(9-13(10)17(18)19)16-14(20)15-11-5-3-2-4-6-11/h2-9H,1H3,(H2,15,16,20). The summed E-state index contributed by atoms with van der Waals surface area (Å²) in [7, 11) is 0. The largest absolute Gasteiger partial charge is 0.332 e. The van der Waals surface area contributed by atoms with Crippen LogP contribution in [0.2, 0.25) is 0 Å². The number of hydrogen-bond donors (Lipinski definition) is 2. The Balaban J connectivity index is 2.08. The van der Waals surface area contributed by atoms with Gasteiger partial charge in [0.25, 0.3) is 5.69 Å². The van der Waals surface area contributed by atoms with Crippen LogP contribution in [0, 0.1) is 17.0 Å². The minimum Gasteiger partial charge on any atom is -0.332 e. The molecule has 0 aliphatic rings. The average Bonchev–Trinajstić information content (AvgIpc) is 2.41. The van der Waals surface area contributed by atoms with Crippen molar-refractivity contribution in [3.05, 3.63) is 64.2 Å². The van der Waals surface area contributed by atoms with Crippen LogP contribution >= 0.6 is 12.2 Å². The van der Waals surface area contributed by atoms with Gasteiger partial charge in [0.2, 0.25) is 0 Å². The first-order valence-corrected chi connectivity index (χ1v) is 6.35. The Morgan fingerprint density at radius 1 is 1.10 bits per heavy atom. The first-order chi connectivity index (χ1) is 9.56. The van der Waals surface area contributed by atoms with Crippen molar-refractivity contribution in [3.8, 4) is 0 Å². The highest BCUT2D eigenvalue weighted by Crippen LogP contribution is 2.22. The normalized spacial score (nSPS) is 9.85. The van der Waals surface area contributed by atoms with E-state index in [4.69, 9.17) is 12.2 Å². The number of hydrogen-bond acceptors (Lipinski definition) is 3. The molecule has 0 saturated carbocycles. The fourth-order valence-corrected chi connectivity index (χ4v) is 1.93. The molecule has 0 fully saturated rings. The summed E-state index contributed by atoms with van der Waals surface area (Å²) in [5.74, 6) is 0. The number of nitro groups is 1. The fourth-order valence-electron chi connectivity index (χ4n) is 1.70. The number of anilines is 2. The monoisotopic (exact) mass is 287 g/mol. The molecule has 0 unspecified atom stereocenters. The van der Waals surface area contributed by atoms with Crippen molar-refractivity contribution < 1.29 is 4.92 Å². The van der Waals surface area contributed by atoms with Crippen LogP contribution in [0.15, 0.2) is 48.5 Å². The van der Waals surface area contributed by atoms with E-state index in [0.29, 0.717) is 16.4 Å². The van der Waals surface area contributed by atoms with Crippen LogP contribution in [-0.2, 0) is 0 Å². The van der Waals surface area contributed by atoms with E-state index in [1.807, 2.05) is 30.3 Å². The van der Waals surface area contributed by atoms with E-state index < -0.39 is 4.92 Å². The predicted molar refractivity (Wildman–Crippen MR) is 84.1 cm³/mol. The third-order valence-corrected chi connectivity index (χ3v) is 2.90. The van der Waals surface area contributed by atoms with Crippen LogP contribution < -0.4 is 10.6 Å². The third kappa shape index (κ3) is 3.52. The van der Waals surface area contributed by atoms with E-state index in [9.17, 15) is 10.1 Å². The first-order valence-electron chi connectivity index (χ1n) is 5.94. The highest BCUT2D eigenvalue weighted by molar-refractivity contribution is 7.80. The Hall–Kier alpha value is -2.47. The van der Waals surface area contributed by atoms with Crippen molar-refractivity contribution in [1.29, 1.82) is 0 Å². The predicted octanol–water partition coefficient (Wildman–Crippen LogP) is 3.71. The second-order valence-corrected chi connectivity index (χ2v) is 4.61. The molecule has 6 heteroatoms. The van der Waals surface area contributed by atoms with Gasteiger partial charge in [-0.25, -0.2) is 0 Å². The molecule has 20 heavy (non-hydrogen) atoms. The SMILES string of the molecule is Cc1ccc(NC(=S)Nc2ccccc2)cc1[N+](=O)[O-]. The molecule has 0 aliphatic heterocycles. The van der Waals surface area contributed by atoms with Crippen molar-refractivity contribution in [2.24, 2.45) is 0 Å². The molecule has 0 aliphatic carbocycles. The molecule has 0 atom stereocenters. The summed E-state index contributed by atoms with van der Waals surface area (Å²) >= 11 is 5.17. The van der Waals surface area contributed by atoms with Crippen molar-refractivity contribution in [3.63, 3.8) is 0 Å². The maximum absolute atomic E-state index is 10.9.